The van der Waals surface area contributed by atoms with Crippen LogP contribution in [0.2, 0.25) is 0 Å². The fourth-order valence-corrected chi connectivity index (χ4v) is 3.01. The van der Waals surface area contributed by atoms with Crippen LogP contribution in [0.25, 0.3) is 0 Å². The van der Waals surface area contributed by atoms with Crippen molar-refractivity contribution < 1.29 is 9.35 Å². The molecule has 2 atom stereocenters. The van der Waals surface area contributed by atoms with Crippen LogP contribution in [0.15, 0.2) is 52.3 Å². The van der Waals surface area contributed by atoms with Crippen LogP contribution in [-0.2, 0) is 16.0 Å². The number of hydrogen-bond donors (Lipinski definition) is 2. The number of amides is 1. The lowest BCUT2D eigenvalue weighted by Gasteiger charge is -2.12. The molecule has 22 heavy (non-hydrogen) atoms. The van der Waals surface area contributed by atoms with Gasteiger partial charge >= 0.3 is 0 Å². The largest absolute Gasteiger partial charge is 0.606 e. The van der Waals surface area contributed by atoms with E-state index >= 15 is 0 Å². The quantitative estimate of drug-likeness (QED) is 0.851. The molecule has 2 unspecified atom stereocenters. The summed E-state index contributed by atoms with van der Waals surface area (Å²) in [4.78, 5) is 13.0. The summed E-state index contributed by atoms with van der Waals surface area (Å²) in [6.45, 7) is 5.65. The van der Waals surface area contributed by atoms with Crippen LogP contribution in [-0.4, -0.2) is 16.5 Å². The second-order valence-electron chi connectivity index (χ2n) is 5.32. The number of nitrogens with one attached hydrogen (secondary N) is 1. The van der Waals surface area contributed by atoms with Gasteiger partial charge in [-0.3, -0.25) is 4.79 Å². The van der Waals surface area contributed by atoms with Crippen LogP contribution < -0.4 is 11.1 Å². The van der Waals surface area contributed by atoms with Gasteiger partial charge in [0, 0.05) is 16.9 Å². The van der Waals surface area contributed by atoms with E-state index in [1.807, 2.05) is 32.0 Å². The Morgan fingerprint density at radius 2 is 1.68 bits per heavy atom. The standard InChI is InChI=1S/C17H20N2O2S/c1-11-4-7-16(10-12(11)2)22(21)15-8-5-14(6-9-15)19-17(20)13(3)18/h4-10,13H,18H2,1-3H3,(H,19,20). The van der Waals surface area contributed by atoms with Gasteiger partial charge in [0.15, 0.2) is 9.79 Å². The number of aryl methyl sites for hydroxylation is 2. The van der Waals surface area contributed by atoms with Gasteiger partial charge in [-0.2, -0.15) is 0 Å². The summed E-state index contributed by atoms with van der Waals surface area (Å²) in [5, 5.41) is 2.70. The Morgan fingerprint density at radius 1 is 1.09 bits per heavy atom. The van der Waals surface area contributed by atoms with Gasteiger partial charge in [0.25, 0.3) is 0 Å². The second-order valence-corrected chi connectivity index (χ2v) is 6.80. The second kappa shape index (κ2) is 6.96. The lowest BCUT2D eigenvalue weighted by molar-refractivity contribution is -0.117. The fourth-order valence-electron chi connectivity index (χ4n) is 1.88. The van der Waals surface area contributed by atoms with E-state index in [-0.39, 0.29) is 5.91 Å². The summed E-state index contributed by atoms with van der Waals surface area (Å²) in [7, 11) is 0. The highest BCUT2D eigenvalue weighted by atomic mass is 32.2. The number of carbonyl (C=O) groups excluding carboxylic acids is 1. The molecule has 4 nitrogen and oxygen atoms in total. The minimum atomic E-state index is -1.23. The molecule has 0 saturated heterocycles. The molecule has 0 aliphatic carbocycles. The van der Waals surface area contributed by atoms with E-state index in [0.29, 0.717) is 10.6 Å². The lowest BCUT2D eigenvalue weighted by atomic mass is 10.1. The smallest absolute Gasteiger partial charge is 0.240 e. The molecule has 0 bridgehead atoms. The van der Waals surface area contributed by atoms with Gasteiger partial charge in [0.1, 0.15) is 0 Å². The van der Waals surface area contributed by atoms with Gasteiger partial charge in [-0.15, -0.1) is 0 Å². The van der Waals surface area contributed by atoms with Gasteiger partial charge < -0.3 is 15.6 Å². The Kier molecular flexibility index (Phi) is 5.24. The summed E-state index contributed by atoms with van der Waals surface area (Å²) in [5.74, 6) is -0.247. The van der Waals surface area contributed by atoms with Crippen LogP contribution in [0.1, 0.15) is 18.1 Å². The highest BCUT2D eigenvalue weighted by Crippen LogP contribution is 2.24. The van der Waals surface area contributed by atoms with Crippen LogP contribution in [0.3, 0.4) is 0 Å². The van der Waals surface area contributed by atoms with E-state index in [0.717, 1.165) is 10.5 Å². The van der Waals surface area contributed by atoms with Crippen LogP contribution in [0, 0.1) is 13.8 Å². The van der Waals surface area contributed by atoms with E-state index in [4.69, 9.17) is 5.73 Å². The van der Waals surface area contributed by atoms with Crippen molar-refractivity contribution in [3.8, 4) is 0 Å². The Labute approximate surface area is 133 Å². The third kappa shape index (κ3) is 3.88. The van der Waals surface area contributed by atoms with Crippen molar-refractivity contribution in [1.29, 1.82) is 0 Å². The molecule has 3 N–H and O–H groups in total. The molecule has 0 spiro atoms. The van der Waals surface area contributed by atoms with Crippen molar-refractivity contribution in [2.75, 3.05) is 5.32 Å². The fraction of sp³-hybridized carbons (Fsp3) is 0.235. The summed E-state index contributed by atoms with van der Waals surface area (Å²) in [6, 6.07) is 12.2. The lowest BCUT2D eigenvalue weighted by Crippen LogP contribution is -2.32. The average molecular weight is 316 g/mol. The Hall–Kier alpha value is -1.82. The first-order valence-electron chi connectivity index (χ1n) is 7.04. The highest BCUT2D eigenvalue weighted by molar-refractivity contribution is 7.91. The van der Waals surface area contributed by atoms with E-state index in [1.165, 1.54) is 5.56 Å². The number of carbonyl (C=O) groups is 1. The van der Waals surface area contributed by atoms with Crippen molar-refractivity contribution in [3.63, 3.8) is 0 Å². The Morgan fingerprint density at radius 3 is 2.23 bits per heavy atom. The third-order valence-electron chi connectivity index (χ3n) is 3.44. The molecule has 0 aliphatic rings. The maximum atomic E-state index is 12.6. The molecular formula is C17H20N2O2S. The summed E-state index contributed by atoms with van der Waals surface area (Å²) >= 11 is -1.23. The molecule has 0 saturated carbocycles. The molecule has 2 aromatic rings. The van der Waals surface area contributed by atoms with Crippen LogP contribution >= 0.6 is 0 Å². The molecule has 0 aliphatic heterocycles. The first-order chi connectivity index (χ1) is 10.4. The topological polar surface area (TPSA) is 78.2 Å². The predicted octanol–water partition coefficient (Wildman–Crippen LogP) is 2.76. The molecule has 0 radical (unpaired) electrons. The van der Waals surface area contributed by atoms with Crippen molar-refractivity contribution in [2.45, 2.75) is 36.6 Å². The number of nitrogens with two attached hydrogens (primary N) is 1. The van der Waals surface area contributed by atoms with Crippen LogP contribution in [0.5, 0.6) is 0 Å². The molecule has 116 valence electrons. The zero-order chi connectivity index (χ0) is 16.3. The first-order valence-corrected chi connectivity index (χ1v) is 8.19. The van der Waals surface area contributed by atoms with E-state index in [2.05, 4.69) is 5.32 Å². The summed E-state index contributed by atoms with van der Waals surface area (Å²) in [5.41, 5.74) is 8.44. The van der Waals surface area contributed by atoms with Gasteiger partial charge in [0.05, 0.1) is 6.04 Å². The van der Waals surface area contributed by atoms with Gasteiger partial charge in [-0.05, 0) is 68.3 Å². The maximum Gasteiger partial charge on any atom is 0.240 e. The van der Waals surface area contributed by atoms with Gasteiger partial charge in [0.2, 0.25) is 5.91 Å². The monoisotopic (exact) mass is 316 g/mol. The average Bonchev–Trinajstić information content (AvgIpc) is 2.50. The molecule has 2 rings (SSSR count). The Bertz CT molecular complexity index is 669. The number of benzene rings is 2. The normalized spacial score (nSPS) is 13.5. The number of hydrogen-bond acceptors (Lipinski definition) is 3. The SMILES string of the molecule is Cc1ccc([S+]([O-])c2ccc(NC(=O)C(C)N)cc2)cc1C. The molecule has 1 amide bonds. The van der Waals surface area contributed by atoms with E-state index in [9.17, 15) is 9.35 Å². The summed E-state index contributed by atoms with van der Waals surface area (Å²) in [6.07, 6.45) is 0. The molecule has 0 heterocycles. The van der Waals surface area contributed by atoms with Gasteiger partial charge in [-0.1, -0.05) is 6.07 Å². The Balaban J connectivity index is 2.15. The van der Waals surface area contributed by atoms with Crippen molar-refractivity contribution in [1.82, 2.24) is 0 Å². The van der Waals surface area contributed by atoms with Crippen molar-refractivity contribution in [2.24, 2.45) is 5.73 Å². The van der Waals surface area contributed by atoms with Crippen molar-refractivity contribution >= 4 is 22.8 Å². The zero-order valence-electron chi connectivity index (χ0n) is 12.9. The molecule has 5 heteroatoms. The molecule has 0 fully saturated rings. The first kappa shape index (κ1) is 16.5. The van der Waals surface area contributed by atoms with Crippen LogP contribution in [0.4, 0.5) is 5.69 Å². The predicted molar refractivity (Wildman–Crippen MR) is 89.3 cm³/mol. The molecule has 2 aromatic carbocycles. The zero-order valence-corrected chi connectivity index (χ0v) is 13.7. The third-order valence-corrected chi connectivity index (χ3v) is 4.82. The number of rotatable bonds is 4. The molecule has 0 aromatic heterocycles. The number of anilines is 1. The maximum absolute atomic E-state index is 12.6. The van der Waals surface area contributed by atoms with Crippen molar-refractivity contribution in [3.05, 3.63) is 53.6 Å². The highest BCUT2D eigenvalue weighted by Gasteiger charge is 2.16. The minimum Gasteiger partial charge on any atom is -0.606 e. The summed E-state index contributed by atoms with van der Waals surface area (Å²) < 4.78 is 12.6. The van der Waals surface area contributed by atoms with E-state index in [1.54, 1.807) is 31.2 Å². The van der Waals surface area contributed by atoms with E-state index < -0.39 is 17.2 Å². The van der Waals surface area contributed by atoms with Gasteiger partial charge in [-0.25, -0.2) is 0 Å². The molecular weight excluding hydrogens is 296 g/mol. The minimum absolute atomic E-state index is 0.247.